The summed E-state index contributed by atoms with van der Waals surface area (Å²) in [7, 11) is 0. The van der Waals surface area contributed by atoms with Gasteiger partial charge in [-0.2, -0.15) is 13.2 Å². The number of alkyl halides is 3. The smallest absolute Gasteiger partial charge is 0.452 e. The molecule has 1 fully saturated rings. The number of carboxylic acids is 1. The Hall–Kier alpha value is -4.68. The van der Waals surface area contributed by atoms with Crippen LogP contribution in [0.3, 0.4) is 0 Å². The summed E-state index contributed by atoms with van der Waals surface area (Å²) in [4.78, 5) is 48.8. The molecule has 1 aliphatic rings. The standard InChI is InChI=1S/C29H30F3N5O5/c1-2-3-8-20(28(40)41)17-23(38)37-14-7-13-36(15-16-37)22-12-11-21(18-33-22)34-26(39)24-25(29(30,31)32)42-27(35-24)19-9-5-4-6-10-19/h3-6,8-12,18,20H,2,7,13-17H2,1H3,(H,34,39)(H,40,41). The van der Waals surface area contributed by atoms with Crippen molar-refractivity contribution in [3.8, 4) is 11.5 Å². The second-order valence-corrected chi connectivity index (χ2v) is 9.63. The van der Waals surface area contributed by atoms with Crippen LogP contribution in [-0.4, -0.2) is 63.9 Å². The van der Waals surface area contributed by atoms with Crippen LogP contribution < -0.4 is 10.2 Å². The molecule has 222 valence electrons. The van der Waals surface area contributed by atoms with Crippen LogP contribution in [0.5, 0.6) is 0 Å². The average molecular weight is 586 g/mol. The first-order valence-electron chi connectivity index (χ1n) is 13.4. The molecule has 2 amide bonds. The topological polar surface area (TPSA) is 129 Å². The number of hydrogen-bond acceptors (Lipinski definition) is 7. The molecule has 0 saturated carbocycles. The van der Waals surface area contributed by atoms with Gasteiger partial charge in [0.15, 0.2) is 5.69 Å². The molecular formula is C29H30F3N5O5. The fourth-order valence-electron chi connectivity index (χ4n) is 4.46. The molecule has 0 aliphatic carbocycles. The van der Waals surface area contributed by atoms with Crippen LogP contribution in [0.2, 0.25) is 0 Å². The quantitative estimate of drug-likeness (QED) is 0.332. The molecule has 1 atom stereocenters. The molecule has 10 nitrogen and oxygen atoms in total. The summed E-state index contributed by atoms with van der Waals surface area (Å²) in [5, 5.41) is 11.8. The number of carbonyl (C=O) groups excluding carboxylic acids is 2. The minimum absolute atomic E-state index is 0.118. The molecule has 0 bridgehead atoms. The zero-order chi connectivity index (χ0) is 30.3. The van der Waals surface area contributed by atoms with Gasteiger partial charge in [-0.05, 0) is 37.1 Å². The molecule has 1 aliphatic heterocycles. The highest BCUT2D eigenvalue weighted by molar-refractivity contribution is 6.04. The van der Waals surface area contributed by atoms with Gasteiger partial charge in [0.05, 0.1) is 17.8 Å². The van der Waals surface area contributed by atoms with Gasteiger partial charge in [0.25, 0.3) is 5.91 Å². The van der Waals surface area contributed by atoms with Gasteiger partial charge in [-0.25, -0.2) is 9.97 Å². The van der Waals surface area contributed by atoms with Crippen molar-refractivity contribution >= 4 is 29.3 Å². The van der Waals surface area contributed by atoms with Gasteiger partial charge < -0.3 is 24.6 Å². The molecule has 1 aromatic carbocycles. The molecule has 4 rings (SSSR count). The average Bonchev–Trinajstić information content (AvgIpc) is 3.29. The molecule has 2 aromatic heterocycles. The Morgan fingerprint density at radius 3 is 2.50 bits per heavy atom. The number of nitrogens with zero attached hydrogens (tertiary/aromatic N) is 4. The van der Waals surface area contributed by atoms with Crippen LogP contribution in [-0.2, 0) is 15.8 Å². The van der Waals surface area contributed by atoms with E-state index in [9.17, 15) is 32.7 Å². The number of hydrogen-bond donors (Lipinski definition) is 2. The number of aromatic nitrogens is 2. The maximum Gasteiger partial charge on any atom is 0.452 e. The monoisotopic (exact) mass is 585 g/mol. The second-order valence-electron chi connectivity index (χ2n) is 9.63. The number of carbonyl (C=O) groups is 3. The fraction of sp³-hybridized carbons (Fsp3) is 0.345. The zero-order valence-corrected chi connectivity index (χ0v) is 22.8. The summed E-state index contributed by atoms with van der Waals surface area (Å²) in [5.74, 6) is -4.53. The lowest BCUT2D eigenvalue weighted by Gasteiger charge is -2.23. The summed E-state index contributed by atoms with van der Waals surface area (Å²) in [5.41, 5.74) is -0.438. The summed E-state index contributed by atoms with van der Waals surface area (Å²) in [6, 6.07) is 11.1. The van der Waals surface area contributed by atoms with Gasteiger partial charge in [0.1, 0.15) is 5.82 Å². The molecule has 42 heavy (non-hydrogen) atoms. The van der Waals surface area contributed by atoms with Crippen molar-refractivity contribution in [3.05, 3.63) is 72.3 Å². The number of halogens is 3. The molecule has 13 heteroatoms. The molecule has 3 aromatic rings. The van der Waals surface area contributed by atoms with Crippen LogP contribution >= 0.6 is 0 Å². The van der Waals surface area contributed by atoms with E-state index in [0.29, 0.717) is 50.4 Å². The van der Waals surface area contributed by atoms with E-state index in [2.05, 4.69) is 15.3 Å². The van der Waals surface area contributed by atoms with E-state index in [4.69, 9.17) is 4.42 Å². The van der Waals surface area contributed by atoms with E-state index in [1.165, 1.54) is 24.4 Å². The minimum atomic E-state index is -4.93. The number of carboxylic acid groups (broad SMARTS) is 1. The Balaban J connectivity index is 1.40. The third kappa shape index (κ3) is 7.53. The number of rotatable bonds is 9. The number of nitrogens with one attached hydrogen (secondary N) is 1. The van der Waals surface area contributed by atoms with Gasteiger partial charge in [0.2, 0.25) is 17.6 Å². The Morgan fingerprint density at radius 1 is 1.10 bits per heavy atom. The highest BCUT2D eigenvalue weighted by atomic mass is 19.4. The lowest BCUT2D eigenvalue weighted by atomic mass is 10.0. The Kier molecular flexibility index (Phi) is 9.60. The molecular weight excluding hydrogens is 555 g/mol. The maximum absolute atomic E-state index is 13.6. The van der Waals surface area contributed by atoms with E-state index >= 15 is 0 Å². The highest BCUT2D eigenvalue weighted by Gasteiger charge is 2.42. The minimum Gasteiger partial charge on any atom is -0.481 e. The number of anilines is 2. The van der Waals surface area contributed by atoms with E-state index < -0.39 is 35.4 Å². The summed E-state index contributed by atoms with van der Waals surface area (Å²) >= 11 is 0. The van der Waals surface area contributed by atoms with Crippen LogP contribution in [0.25, 0.3) is 11.5 Å². The van der Waals surface area contributed by atoms with E-state index in [1.807, 2.05) is 11.8 Å². The fourth-order valence-corrected chi connectivity index (χ4v) is 4.46. The molecule has 1 unspecified atom stereocenters. The molecule has 0 radical (unpaired) electrons. The van der Waals surface area contributed by atoms with Crippen molar-refractivity contribution in [2.75, 3.05) is 36.4 Å². The third-order valence-corrected chi connectivity index (χ3v) is 6.61. The van der Waals surface area contributed by atoms with E-state index in [0.717, 1.165) is 0 Å². The van der Waals surface area contributed by atoms with Gasteiger partial charge >= 0.3 is 12.1 Å². The SMILES string of the molecule is CCC=CC(CC(=O)N1CCCN(c2ccc(NC(=O)c3nc(-c4ccccc4)oc3C(F)(F)F)cn2)CC1)C(=O)O. The predicted octanol–water partition coefficient (Wildman–Crippen LogP) is 5.10. The van der Waals surface area contributed by atoms with Crippen LogP contribution in [0.4, 0.5) is 24.7 Å². The van der Waals surface area contributed by atoms with Crippen molar-refractivity contribution < 1.29 is 37.1 Å². The van der Waals surface area contributed by atoms with Crippen molar-refractivity contribution in [3.63, 3.8) is 0 Å². The van der Waals surface area contributed by atoms with Crippen molar-refractivity contribution in [1.82, 2.24) is 14.9 Å². The lowest BCUT2D eigenvalue weighted by molar-refractivity contribution is -0.153. The van der Waals surface area contributed by atoms with Crippen LogP contribution in [0.1, 0.15) is 42.4 Å². The summed E-state index contributed by atoms with van der Waals surface area (Å²) in [6.45, 7) is 3.76. The van der Waals surface area contributed by atoms with Crippen molar-refractivity contribution in [2.24, 2.45) is 5.92 Å². The summed E-state index contributed by atoms with van der Waals surface area (Å²) < 4.78 is 45.8. The Bertz CT molecular complexity index is 1420. The zero-order valence-electron chi connectivity index (χ0n) is 22.8. The first kappa shape index (κ1) is 30.3. The van der Waals surface area contributed by atoms with Crippen LogP contribution in [0.15, 0.2) is 65.2 Å². The molecule has 3 heterocycles. The molecule has 2 N–H and O–H groups in total. The van der Waals surface area contributed by atoms with Gasteiger partial charge in [-0.15, -0.1) is 0 Å². The van der Waals surface area contributed by atoms with Gasteiger partial charge in [0, 0.05) is 38.2 Å². The normalized spacial score (nSPS) is 15.0. The van der Waals surface area contributed by atoms with E-state index in [1.54, 1.807) is 41.3 Å². The number of aliphatic carboxylic acids is 1. The predicted molar refractivity (Wildman–Crippen MR) is 148 cm³/mol. The van der Waals surface area contributed by atoms with Crippen molar-refractivity contribution in [1.29, 1.82) is 0 Å². The Labute approximate surface area is 239 Å². The van der Waals surface area contributed by atoms with E-state index in [-0.39, 0.29) is 23.9 Å². The number of oxazole rings is 1. The number of allylic oxidation sites excluding steroid dienone is 1. The second kappa shape index (κ2) is 13.3. The highest BCUT2D eigenvalue weighted by Crippen LogP contribution is 2.35. The lowest BCUT2D eigenvalue weighted by Crippen LogP contribution is -2.36. The first-order chi connectivity index (χ1) is 20.1. The van der Waals surface area contributed by atoms with Crippen molar-refractivity contribution in [2.45, 2.75) is 32.4 Å². The largest absolute Gasteiger partial charge is 0.481 e. The number of amides is 2. The Morgan fingerprint density at radius 2 is 1.86 bits per heavy atom. The van der Waals surface area contributed by atoms with Gasteiger partial charge in [-0.1, -0.05) is 37.3 Å². The molecule has 1 saturated heterocycles. The maximum atomic E-state index is 13.6. The van der Waals surface area contributed by atoms with Crippen LogP contribution in [0, 0.1) is 5.92 Å². The number of benzene rings is 1. The number of pyridine rings is 1. The molecule has 0 spiro atoms. The third-order valence-electron chi connectivity index (χ3n) is 6.61. The summed E-state index contributed by atoms with van der Waals surface area (Å²) in [6.07, 6.45) is 0.857. The van der Waals surface area contributed by atoms with Gasteiger partial charge in [-0.3, -0.25) is 14.4 Å². The first-order valence-corrected chi connectivity index (χ1v) is 13.4.